The van der Waals surface area contributed by atoms with E-state index >= 15 is 0 Å². The minimum absolute atomic E-state index is 0. The first-order valence-corrected chi connectivity index (χ1v) is 67.0. The van der Waals surface area contributed by atoms with Gasteiger partial charge in [0.15, 0.2) is 0 Å². The summed E-state index contributed by atoms with van der Waals surface area (Å²) in [5.74, 6) is 15.6. The van der Waals surface area contributed by atoms with Crippen molar-refractivity contribution < 1.29 is 41.7 Å². The molecule has 20 unspecified atom stereocenters. The van der Waals surface area contributed by atoms with Crippen molar-refractivity contribution in [2.45, 2.75) is 346 Å². The molecule has 0 bridgehead atoms. The van der Waals surface area contributed by atoms with Crippen molar-refractivity contribution in [1.82, 2.24) is 0 Å². The molecule has 0 saturated heterocycles. The Bertz CT molecular complexity index is 4320. The van der Waals surface area contributed by atoms with Gasteiger partial charge in [-0.15, -0.1) is 0 Å². The van der Waals surface area contributed by atoms with Crippen molar-refractivity contribution in [3.8, 4) is 0 Å². The van der Waals surface area contributed by atoms with Crippen LogP contribution in [0.5, 0.6) is 0 Å². The molecule has 0 heterocycles. The van der Waals surface area contributed by atoms with Crippen LogP contribution >= 0.6 is 34.1 Å². The summed E-state index contributed by atoms with van der Waals surface area (Å²) in [7, 11) is 19.7. The first-order valence-electron chi connectivity index (χ1n) is 54.3. The van der Waals surface area contributed by atoms with Gasteiger partial charge in [0.25, 0.3) is 0 Å². The molecule has 16 aliphatic carbocycles. The Morgan fingerprint density at radius 3 is 0.558 bits per heavy atom. The first-order chi connectivity index (χ1) is 63.0. The Labute approximate surface area is 889 Å². The third-order valence-corrected chi connectivity index (χ3v) is 36.9. The Hall–Kier alpha value is -2.79. The van der Waals surface area contributed by atoms with E-state index < -0.39 is 41.7 Å². The van der Waals surface area contributed by atoms with Gasteiger partial charge in [-0.3, -0.25) is 0 Å². The van der Waals surface area contributed by atoms with Gasteiger partial charge in [-0.1, -0.05) is 466 Å². The third kappa shape index (κ3) is 25.0. The fourth-order valence-electron chi connectivity index (χ4n) is 30.1. The Morgan fingerprint density at radius 2 is 0.391 bits per heavy atom. The van der Waals surface area contributed by atoms with Crippen LogP contribution < -0.4 is 0 Å². The average Bonchev–Trinajstić information content (AvgIpc) is 1.61. The van der Waals surface area contributed by atoms with Crippen LogP contribution in [0, 0.1) is 215 Å². The zero-order chi connectivity index (χ0) is 97.7. The summed E-state index contributed by atoms with van der Waals surface area (Å²) in [5.41, 5.74) is 20.3. The van der Waals surface area contributed by atoms with E-state index in [0.717, 1.165) is 11.8 Å². The summed E-state index contributed by atoms with van der Waals surface area (Å²) < 4.78 is 0. The summed E-state index contributed by atoms with van der Waals surface area (Å²) in [6.45, 7) is 71.9. The van der Waals surface area contributed by atoms with E-state index in [0.29, 0.717) is 142 Å². The molecule has 0 radical (unpaired) electrons. The van der Waals surface area contributed by atoms with Gasteiger partial charge < -0.3 is 29.7 Å². The van der Waals surface area contributed by atoms with Crippen molar-refractivity contribution in [2.24, 2.45) is 185 Å². The summed E-state index contributed by atoms with van der Waals surface area (Å²) >= 11 is -1.65. The van der Waals surface area contributed by atoms with Gasteiger partial charge in [0.2, 0.25) is 0 Å². The molecule has 0 aliphatic heterocycles. The summed E-state index contributed by atoms with van der Waals surface area (Å²) in [6.07, 6.45) is 88.8. The number of benzene rings is 2. The average molecular weight is 2110 g/mol. The maximum absolute atomic E-state index is 4.93. The van der Waals surface area contributed by atoms with E-state index in [4.69, 9.17) is 34.1 Å². The molecule has 0 spiro atoms. The van der Waals surface area contributed by atoms with E-state index in [1.165, 1.54) is 160 Å². The first kappa shape index (κ1) is 119. The molecule has 6 heteroatoms. The summed E-state index contributed by atoms with van der Waals surface area (Å²) in [4.78, 5) is 0. The predicted octanol–water partition coefficient (Wildman–Crippen LogP) is 40.9. The molecule has 0 N–H and O–H groups in total. The van der Waals surface area contributed by atoms with Gasteiger partial charge in [-0.05, 0) is 326 Å². The molecular weight excluding hydrogens is 1910 g/mol. The molecule has 138 heavy (non-hydrogen) atoms. The van der Waals surface area contributed by atoms with Gasteiger partial charge in [0.05, 0.1) is 0 Å². The van der Waals surface area contributed by atoms with Gasteiger partial charge in [0, 0.05) is 0 Å². The normalized spacial score (nSPS) is 31.8. The quantitative estimate of drug-likeness (QED) is 0.186. The van der Waals surface area contributed by atoms with Crippen molar-refractivity contribution >= 4 is 34.1 Å². The van der Waals surface area contributed by atoms with Gasteiger partial charge in [0.1, 0.15) is 0 Å². The number of fused-ring (bicyclic) bond motifs is 12. The second-order valence-corrected chi connectivity index (χ2v) is 61.2. The van der Waals surface area contributed by atoms with Crippen LogP contribution in [0.1, 0.15) is 357 Å². The molecule has 2 aromatic rings. The van der Waals surface area contributed by atoms with E-state index in [-0.39, 0.29) is 83.9 Å². The maximum atomic E-state index is 4.93. The number of allylic oxidation sites excluding steroid dienone is 32. The molecule has 0 amide bonds. The van der Waals surface area contributed by atoms with Gasteiger partial charge in [-0.2, -0.15) is 0 Å². The van der Waals surface area contributed by atoms with Crippen LogP contribution in [0.3, 0.4) is 0 Å². The molecule has 16 aliphatic rings. The molecule has 760 valence electrons. The Morgan fingerprint density at radius 1 is 0.239 bits per heavy atom. The monoisotopic (exact) mass is 2100 g/mol. The van der Waals surface area contributed by atoms with Crippen molar-refractivity contribution in [3.63, 3.8) is 0 Å². The second kappa shape index (κ2) is 47.8. The molecular formula is C132H196Cl4Zr2. The van der Waals surface area contributed by atoms with Crippen LogP contribution in [0.15, 0.2) is 239 Å². The molecule has 2 aromatic carbocycles. The van der Waals surface area contributed by atoms with Crippen LogP contribution in [0.2, 0.25) is 0 Å². The van der Waals surface area contributed by atoms with E-state index in [9.17, 15) is 0 Å². The second-order valence-electron chi connectivity index (χ2n) is 53.8. The molecule has 0 nitrogen and oxygen atoms in total. The number of halogens is 4. The Kier molecular flexibility index (Phi) is 41.1. The SMILES string of the molecule is CC(C)(C)C1=CC2C3C=C(C(C)(C)C)C=CC3C(C(C)(c3ccc(C(C)(C4CCCC4)C4C5C=CC(C(C)(C)C)=CC5C5C=C(C(C)(C)C)C=CC54)cc3)C3CCCC3)C2C=C1.CC(C)(C)C1=CC2C3C=C(C(C)(C)C)C=CC3C(C(c3ccc(C(C4CCCC4)C4C5C=CC(C(C)(C)C)=CC5C5C=C(C(C)(C)C)C=CC54)cc3)C3CCCC3)C2C=C1.CCC.CCC.[CH3-].[CH3-].[CH3-].[CH3-].[Cl][Zr+2][Cl].[Cl][Zr+2][Cl]. The van der Waals surface area contributed by atoms with Crippen LogP contribution in [0.25, 0.3) is 0 Å². The van der Waals surface area contributed by atoms with Crippen LogP contribution in [-0.4, -0.2) is 0 Å². The topological polar surface area (TPSA) is 0 Å². The van der Waals surface area contributed by atoms with Gasteiger partial charge >= 0.3 is 75.7 Å². The molecule has 18 rings (SSSR count). The third-order valence-electron chi connectivity index (χ3n) is 36.9. The standard InChI is InChI=1S/C62H86.C60H82.2C3H8.4CH3.4ClH.2Zr/c1-57(2,3)43-27-31-47-51(35-43)52-36-44(58(4,5)6)28-32-48(52)55(47)61(13,39-19-15-16-20-39)41-23-25-42(26-24-41)62(14,40-21-17-18-22-40)56-49-33-29-45(59(7,8)9)37-53(49)54-38-46(60(10,11)12)30-34-50(54)56;1-57(2,3)41-25-29-45-49(33-41)50-34-42(58(4,5)6)26-30-46(50)55(45)53(37-17-13-14-18-37)39-21-23-40(24-22-39)54(38-19-15-16-20-38)56-47-31-27-43(59(7,8)9)35-51(47)52-36-44(60(10,11)12)28-32-48(52)56;2*1-3-2;;;;;;;;;;/h23-40,47-56H,15-22H2,1-14H3;21-38,45-56H,13-20H2,1-12H3;2*3H2,1-2H3;4*1H3;4*1H;;/q;;;;4*-1;;;;;2*+4/p-4. The predicted molar refractivity (Wildman–Crippen MR) is 605 cm³/mol. The van der Waals surface area contributed by atoms with E-state index in [1.54, 1.807) is 22.3 Å². The number of hydrogen-bond donors (Lipinski definition) is 0. The number of rotatable bonds is 12. The van der Waals surface area contributed by atoms with Crippen LogP contribution in [0.4, 0.5) is 0 Å². The van der Waals surface area contributed by atoms with E-state index in [1.807, 2.05) is 0 Å². The van der Waals surface area contributed by atoms with Gasteiger partial charge in [-0.25, -0.2) is 0 Å². The zero-order valence-corrected chi connectivity index (χ0v) is 102. The minimum atomic E-state index is -0.826. The molecule has 8 saturated carbocycles. The molecule has 20 atom stereocenters. The molecule has 0 aromatic heterocycles. The van der Waals surface area contributed by atoms with Crippen molar-refractivity contribution in [2.75, 3.05) is 0 Å². The zero-order valence-electron chi connectivity index (χ0n) is 93.7. The Balaban J connectivity index is 0.000000270. The fraction of sp³-hybridized carbons (Fsp3) is 0.636. The van der Waals surface area contributed by atoms with E-state index in [2.05, 4.69) is 402 Å². The molecule has 8 fully saturated rings. The van der Waals surface area contributed by atoms with Crippen LogP contribution in [-0.2, 0) is 52.5 Å². The number of hydrogen-bond acceptors (Lipinski definition) is 0. The summed E-state index contributed by atoms with van der Waals surface area (Å²) in [5, 5.41) is 0. The summed E-state index contributed by atoms with van der Waals surface area (Å²) in [6, 6.07) is 21.6. The van der Waals surface area contributed by atoms with Crippen molar-refractivity contribution in [3.05, 3.63) is 291 Å². The van der Waals surface area contributed by atoms with Crippen molar-refractivity contribution in [1.29, 1.82) is 0 Å². The fourth-order valence-corrected chi connectivity index (χ4v) is 30.1.